The molecule has 0 aliphatic heterocycles. The molecule has 2 atom stereocenters. The minimum Gasteiger partial charge on any atom is -0.352 e. The molecule has 0 spiro atoms. The maximum Gasteiger partial charge on any atom is 0.243 e. The second-order valence-corrected chi connectivity index (χ2v) is 11.9. The fraction of sp³-hybridized carbons (Fsp3) is 0.500. The number of anilines is 1. The first kappa shape index (κ1) is 30.6. The third-order valence-electron chi connectivity index (χ3n) is 6.47. The van der Waals surface area contributed by atoms with Gasteiger partial charge in [0, 0.05) is 30.6 Å². The Kier molecular flexibility index (Phi) is 11.4. The van der Waals surface area contributed by atoms with Crippen LogP contribution in [0.2, 0.25) is 5.02 Å². The molecule has 0 aromatic heterocycles. The van der Waals surface area contributed by atoms with Gasteiger partial charge in [-0.3, -0.25) is 13.9 Å². The van der Waals surface area contributed by atoms with Crippen molar-refractivity contribution in [1.82, 2.24) is 10.2 Å². The van der Waals surface area contributed by atoms with Crippen LogP contribution >= 0.6 is 11.6 Å². The van der Waals surface area contributed by atoms with Crippen molar-refractivity contribution in [2.24, 2.45) is 0 Å². The Morgan fingerprint density at radius 1 is 1.05 bits per heavy atom. The SMILES string of the molecule is CC[C@@H](C)NC(=O)[C@@H](CC)N(Cc1ccccc1Cl)C(=O)CCCN(c1cc(C)ccc1C)S(C)(=O)=O. The average Bonchev–Trinajstić information content (AvgIpc) is 2.83. The van der Waals surface area contributed by atoms with Crippen molar-refractivity contribution in [2.45, 2.75) is 78.9 Å². The van der Waals surface area contributed by atoms with Crippen LogP contribution in [0.4, 0.5) is 5.69 Å². The summed E-state index contributed by atoms with van der Waals surface area (Å²) in [6.45, 7) is 9.92. The first-order chi connectivity index (χ1) is 17.4. The van der Waals surface area contributed by atoms with E-state index in [1.807, 2.05) is 71.0 Å². The average molecular weight is 550 g/mol. The Balaban J connectivity index is 2.27. The molecule has 37 heavy (non-hydrogen) atoms. The van der Waals surface area contributed by atoms with Crippen molar-refractivity contribution in [1.29, 1.82) is 0 Å². The lowest BCUT2D eigenvalue weighted by atomic mass is 10.1. The summed E-state index contributed by atoms with van der Waals surface area (Å²) in [5.41, 5.74) is 3.16. The topological polar surface area (TPSA) is 86.8 Å². The molecular weight excluding hydrogens is 510 g/mol. The molecule has 2 aromatic carbocycles. The molecule has 0 heterocycles. The molecule has 0 aliphatic carbocycles. The van der Waals surface area contributed by atoms with Gasteiger partial charge in [-0.1, -0.05) is 55.8 Å². The number of benzene rings is 2. The van der Waals surface area contributed by atoms with E-state index in [9.17, 15) is 18.0 Å². The summed E-state index contributed by atoms with van der Waals surface area (Å²) in [6.07, 6.45) is 2.79. The third-order valence-corrected chi connectivity index (χ3v) is 8.02. The highest BCUT2D eigenvalue weighted by Crippen LogP contribution is 2.25. The van der Waals surface area contributed by atoms with Crippen LogP contribution in [0.1, 0.15) is 63.1 Å². The summed E-state index contributed by atoms with van der Waals surface area (Å²) < 4.78 is 26.6. The maximum absolute atomic E-state index is 13.5. The Labute approximate surface area is 227 Å². The number of carbonyl (C=O) groups excluding carboxylic acids is 2. The molecule has 1 N–H and O–H groups in total. The van der Waals surface area contributed by atoms with Gasteiger partial charge < -0.3 is 10.2 Å². The van der Waals surface area contributed by atoms with E-state index in [2.05, 4.69) is 5.32 Å². The number of hydrogen-bond acceptors (Lipinski definition) is 4. The summed E-state index contributed by atoms with van der Waals surface area (Å²) >= 11 is 6.39. The van der Waals surface area contributed by atoms with Crippen LogP contribution < -0.4 is 9.62 Å². The van der Waals surface area contributed by atoms with Gasteiger partial charge in [-0.2, -0.15) is 0 Å². The Morgan fingerprint density at radius 2 is 1.73 bits per heavy atom. The summed E-state index contributed by atoms with van der Waals surface area (Å²) in [4.78, 5) is 28.2. The van der Waals surface area contributed by atoms with Crippen molar-refractivity contribution in [3.8, 4) is 0 Å². The number of hydrogen-bond donors (Lipinski definition) is 1. The van der Waals surface area contributed by atoms with Crippen LogP contribution in [0.3, 0.4) is 0 Å². The molecule has 0 saturated carbocycles. The van der Waals surface area contributed by atoms with Gasteiger partial charge in [0.25, 0.3) is 0 Å². The molecule has 0 fully saturated rings. The molecule has 0 radical (unpaired) electrons. The molecule has 2 aromatic rings. The molecule has 0 aliphatic rings. The van der Waals surface area contributed by atoms with Gasteiger partial charge in [-0.25, -0.2) is 8.42 Å². The molecule has 2 rings (SSSR count). The number of carbonyl (C=O) groups is 2. The first-order valence-corrected chi connectivity index (χ1v) is 15.0. The molecule has 2 amide bonds. The summed E-state index contributed by atoms with van der Waals surface area (Å²) in [7, 11) is -3.55. The fourth-order valence-corrected chi connectivity index (χ4v) is 5.35. The van der Waals surface area contributed by atoms with E-state index < -0.39 is 16.1 Å². The highest BCUT2D eigenvalue weighted by Gasteiger charge is 2.30. The summed E-state index contributed by atoms with van der Waals surface area (Å²) in [5, 5.41) is 3.51. The minimum absolute atomic E-state index is 0.0142. The second kappa shape index (κ2) is 13.8. The Morgan fingerprint density at radius 3 is 2.32 bits per heavy atom. The Bertz CT molecular complexity index is 1190. The van der Waals surface area contributed by atoms with Gasteiger partial charge in [-0.15, -0.1) is 0 Å². The first-order valence-electron chi connectivity index (χ1n) is 12.8. The largest absolute Gasteiger partial charge is 0.352 e. The lowest BCUT2D eigenvalue weighted by Crippen LogP contribution is -2.50. The van der Waals surface area contributed by atoms with Crippen molar-refractivity contribution in [3.63, 3.8) is 0 Å². The van der Waals surface area contributed by atoms with Crippen molar-refractivity contribution in [2.75, 3.05) is 17.1 Å². The summed E-state index contributed by atoms with van der Waals surface area (Å²) in [6, 6.07) is 12.3. The van der Waals surface area contributed by atoms with Gasteiger partial charge in [-0.05, 0) is 68.9 Å². The van der Waals surface area contributed by atoms with E-state index in [-0.39, 0.29) is 37.4 Å². The highest BCUT2D eigenvalue weighted by atomic mass is 35.5. The van der Waals surface area contributed by atoms with Crippen LogP contribution in [-0.2, 0) is 26.2 Å². The van der Waals surface area contributed by atoms with Crippen molar-refractivity contribution in [3.05, 3.63) is 64.2 Å². The molecular formula is C28H40ClN3O4S. The van der Waals surface area contributed by atoms with Crippen LogP contribution in [0.25, 0.3) is 0 Å². The third kappa shape index (κ3) is 8.75. The molecule has 7 nitrogen and oxygen atoms in total. The van der Waals surface area contributed by atoms with Gasteiger partial charge >= 0.3 is 0 Å². The van der Waals surface area contributed by atoms with Crippen LogP contribution in [0.15, 0.2) is 42.5 Å². The summed E-state index contributed by atoms with van der Waals surface area (Å²) in [5.74, 6) is -0.425. The number of amides is 2. The molecule has 204 valence electrons. The zero-order valence-corrected chi connectivity index (χ0v) is 24.3. The fourth-order valence-electron chi connectivity index (χ4n) is 4.14. The number of nitrogens with zero attached hydrogens (tertiary/aromatic N) is 2. The molecule has 0 saturated heterocycles. The standard InChI is InChI=1S/C28H40ClN3O4S/c1-7-22(5)30-28(34)25(8-2)31(19-23-12-9-10-13-24(23)29)27(33)14-11-17-32(37(6,35)36)26-18-20(3)15-16-21(26)4/h9-10,12-13,15-16,18,22,25H,7-8,11,14,17,19H2,1-6H3,(H,30,34)/t22-,25-/m1/s1. The molecule has 9 heteroatoms. The van der Waals surface area contributed by atoms with E-state index in [0.717, 1.165) is 23.1 Å². The number of aryl methyl sites for hydroxylation is 2. The number of sulfonamides is 1. The predicted molar refractivity (Wildman–Crippen MR) is 151 cm³/mol. The zero-order chi connectivity index (χ0) is 27.8. The zero-order valence-electron chi connectivity index (χ0n) is 22.8. The van der Waals surface area contributed by atoms with E-state index in [1.54, 1.807) is 11.0 Å². The molecule has 0 bridgehead atoms. The lowest BCUT2D eigenvalue weighted by Gasteiger charge is -2.32. The highest BCUT2D eigenvalue weighted by molar-refractivity contribution is 7.92. The monoisotopic (exact) mass is 549 g/mol. The maximum atomic E-state index is 13.5. The van der Waals surface area contributed by atoms with Gasteiger partial charge in [0.15, 0.2) is 0 Å². The number of halogens is 1. The van der Waals surface area contributed by atoms with Crippen molar-refractivity contribution < 1.29 is 18.0 Å². The lowest BCUT2D eigenvalue weighted by molar-refractivity contribution is -0.141. The van der Waals surface area contributed by atoms with E-state index in [0.29, 0.717) is 23.6 Å². The van der Waals surface area contributed by atoms with Crippen LogP contribution in [0.5, 0.6) is 0 Å². The van der Waals surface area contributed by atoms with Crippen LogP contribution in [0, 0.1) is 13.8 Å². The van der Waals surface area contributed by atoms with E-state index >= 15 is 0 Å². The van der Waals surface area contributed by atoms with Crippen LogP contribution in [-0.4, -0.2) is 50.0 Å². The van der Waals surface area contributed by atoms with Gasteiger partial charge in [0.1, 0.15) is 6.04 Å². The quantitative estimate of drug-likeness (QED) is 0.371. The number of nitrogens with one attached hydrogen (secondary N) is 1. The van der Waals surface area contributed by atoms with E-state index in [4.69, 9.17) is 11.6 Å². The number of rotatable bonds is 13. The smallest absolute Gasteiger partial charge is 0.243 e. The van der Waals surface area contributed by atoms with Crippen molar-refractivity contribution >= 4 is 39.1 Å². The van der Waals surface area contributed by atoms with Gasteiger partial charge in [0.05, 0.1) is 11.9 Å². The van der Waals surface area contributed by atoms with E-state index in [1.165, 1.54) is 10.6 Å². The predicted octanol–water partition coefficient (Wildman–Crippen LogP) is 5.23. The minimum atomic E-state index is -3.55. The molecule has 0 unspecified atom stereocenters. The Hall–Kier alpha value is -2.58. The normalized spacial score (nSPS) is 13.1. The van der Waals surface area contributed by atoms with Gasteiger partial charge in [0.2, 0.25) is 21.8 Å². The second-order valence-electron chi connectivity index (χ2n) is 9.58.